The van der Waals surface area contributed by atoms with Crippen molar-refractivity contribution < 1.29 is 9.18 Å². The number of nitrogens with zero attached hydrogens (tertiary/aromatic N) is 4. The van der Waals surface area contributed by atoms with Gasteiger partial charge in [0, 0.05) is 25.7 Å². The molecule has 1 fully saturated rings. The van der Waals surface area contributed by atoms with Crippen molar-refractivity contribution in [1.29, 1.82) is 0 Å². The minimum Gasteiger partial charge on any atom is -0.341 e. The lowest BCUT2D eigenvalue weighted by atomic mass is 9.95. The van der Waals surface area contributed by atoms with Crippen molar-refractivity contribution in [2.75, 3.05) is 33.2 Å². The molecule has 6 nitrogen and oxygen atoms in total. The fraction of sp³-hybridized carbons (Fsp3) is 0.409. The van der Waals surface area contributed by atoms with E-state index in [1.54, 1.807) is 23.1 Å². The molecule has 0 bridgehead atoms. The number of piperidine rings is 1. The van der Waals surface area contributed by atoms with Gasteiger partial charge in [0.15, 0.2) is 0 Å². The van der Waals surface area contributed by atoms with Crippen LogP contribution in [0.2, 0.25) is 0 Å². The van der Waals surface area contributed by atoms with Gasteiger partial charge in [0.2, 0.25) is 0 Å². The van der Waals surface area contributed by atoms with E-state index in [9.17, 15) is 9.18 Å². The lowest BCUT2D eigenvalue weighted by Gasteiger charge is -2.34. The van der Waals surface area contributed by atoms with Gasteiger partial charge in [0.05, 0.1) is 0 Å². The minimum atomic E-state index is -0.119. The molecular weight excluding hydrogens is 369 g/mol. The van der Waals surface area contributed by atoms with Gasteiger partial charge < -0.3 is 9.80 Å². The molecule has 0 unspecified atom stereocenters. The highest BCUT2D eigenvalue weighted by Crippen LogP contribution is 2.20. The van der Waals surface area contributed by atoms with Crippen molar-refractivity contribution in [3.8, 4) is 0 Å². The summed E-state index contributed by atoms with van der Waals surface area (Å²) in [7, 11) is 1.86. The van der Waals surface area contributed by atoms with E-state index < -0.39 is 0 Å². The molecule has 152 valence electrons. The molecule has 29 heavy (non-hydrogen) atoms. The summed E-state index contributed by atoms with van der Waals surface area (Å²) in [5, 5.41) is 10.6. The summed E-state index contributed by atoms with van der Waals surface area (Å²) < 4.78 is 13.8. The maximum absolute atomic E-state index is 13.8. The number of amides is 1. The number of aromatic nitrogens is 3. The molecule has 0 atom stereocenters. The average Bonchev–Trinajstić information content (AvgIpc) is 3.21. The lowest BCUT2D eigenvalue weighted by Crippen LogP contribution is -2.40. The van der Waals surface area contributed by atoms with Crippen LogP contribution in [0, 0.1) is 11.7 Å². The molecule has 1 saturated heterocycles. The zero-order chi connectivity index (χ0) is 20.2. The zero-order valence-corrected chi connectivity index (χ0v) is 16.6. The third kappa shape index (κ3) is 4.62. The van der Waals surface area contributed by atoms with Crippen LogP contribution in [0.1, 0.15) is 28.8 Å². The van der Waals surface area contributed by atoms with E-state index in [2.05, 4.69) is 20.3 Å². The Bertz CT molecular complexity index is 980. The Hall–Kier alpha value is -2.80. The van der Waals surface area contributed by atoms with Crippen molar-refractivity contribution >= 4 is 16.9 Å². The third-order valence-corrected chi connectivity index (χ3v) is 5.80. The molecule has 2 heterocycles. The van der Waals surface area contributed by atoms with Crippen LogP contribution in [0.4, 0.5) is 4.39 Å². The lowest BCUT2D eigenvalue weighted by molar-refractivity contribution is 0.0740. The molecule has 4 rings (SSSR count). The van der Waals surface area contributed by atoms with Gasteiger partial charge in [0.1, 0.15) is 16.9 Å². The fourth-order valence-corrected chi connectivity index (χ4v) is 4.04. The SMILES string of the molecule is CN(CC1CCN(CCc2ccccc2F)CC1)C(=O)c1ccc2n[nH]nc2c1. The standard InChI is InChI=1S/C22H26FN5O/c1-27(22(29)18-6-7-20-21(14-18)25-26-24-20)15-16-8-11-28(12-9-16)13-10-17-4-2-3-5-19(17)23/h2-7,14,16H,8-13,15H2,1H3,(H,24,25,26). The van der Waals surface area contributed by atoms with Crippen LogP contribution < -0.4 is 0 Å². The van der Waals surface area contributed by atoms with E-state index in [1.165, 1.54) is 6.07 Å². The molecule has 1 amide bonds. The maximum atomic E-state index is 13.8. The number of fused-ring (bicyclic) bond motifs is 1. The number of nitrogens with one attached hydrogen (secondary N) is 1. The van der Waals surface area contributed by atoms with Crippen LogP contribution in [-0.4, -0.2) is 64.3 Å². The molecule has 0 spiro atoms. The summed E-state index contributed by atoms with van der Waals surface area (Å²) >= 11 is 0. The molecule has 0 aliphatic carbocycles. The first-order chi connectivity index (χ1) is 14.1. The number of hydrogen-bond acceptors (Lipinski definition) is 4. The number of likely N-dealkylation sites (tertiary alicyclic amines) is 1. The van der Waals surface area contributed by atoms with Crippen LogP contribution in [-0.2, 0) is 6.42 Å². The number of carbonyl (C=O) groups excluding carboxylic acids is 1. The first-order valence-corrected chi connectivity index (χ1v) is 10.1. The highest BCUT2D eigenvalue weighted by atomic mass is 19.1. The Labute approximate surface area is 169 Å². The number of carbonyl (C=O) groups is 1. The molecule has 2 aromatic carbocycles. The number of hydrogen-bond donors (Lipinski definition) is 1. The van der Waals surface area contributed by atoms with Gasteiger partial charge >= 0.3 is 0 Å². The summed E-state index contributed by atoms with van der Waals surface area (Å²) in [6.07, 6.45) is 2.84. The van der Waals surface area contributed by atoms with Crippen molar-refractivity contribution in [3.05, 3.63) is 59.4 Å². The Morgan fingerprint density at radius 2 is 1.93 bits per heavy atom. The molecule has 1 aromatic heterocycles. The number of aromatic amines is 1. The van der Waals surface area contributed by atoms with E-state index in [4.69, 9.17) is 0 Å². The summed E-state index contributed by atoms with van der Waals surface area (Å²) in [6, 6.07) is 12.4. The Morgan fingerprint density at radius 1 is 1.17 bits per heavy atom. The number of benzene rings is 2. The molecule has 7 heteroatoms. The molecule has 0 saturated carbocycles. The molecule has 1 aliphatic rings. The predicted molar refractivity (Wildman–Crippen MR) is 110 cm³/mol. The zero-order valence-electron chi connectivity index (χ0n) is 16.6. The number of rotatable bonds is 6. The molecule has 3 aromatic rings. The van der Waals surface area contributed by atoms with E-state index in [0.717, 1.165) is 56.5 Å². The minimum absolute atomic E-state index is 0.0110. The highest BCUT2D eigenvalue weighted by Gasteiger charge is 2.23. The fourth-order valence-electron chi connectivity index (χ4n) is 4.04. The van der Waals surface area contributed by atoms with Gasteiger partial charge in [-0.3, -0.25) is 4.79 Å². The highest BCUT2D eigenvalue weighted by molar-refractivity contribution is 5.97. The Balaban J connectivity index is 1.25. The summed E-state index contributed by atoms with van der Waals surface area (Å²) in [5.74, 6) is 0.382. The Morgan fingerprint density at radius 3 is 2.72 bits per heavy atom. The van der Waals surface area contributed by atoms with E-state index in [1.807, 2.05) is 25.2 Å². The topological polar surface area (TPSA) is 65.1 Å². The first-order valence-electron chi connectivity index (χ1n) is 10.1. The van der Waals surface area contributed by atoms with Gasteiger partial charge in [-0.15, -0.1) is 0 Å². The second-order valence-corrected chi connectivity index (χ2v) is 7.84. The summed E-state index contributed by atoms with van der Waals surface area (Å²) in [5.41, 5.74) is 2.87. The van der Waals surface area contributed by atoms with Crippen LogP contribution in [0.25, 0.3) is 11.0 Å². The van der Waals surface area contributed by atoms with Crippen LogP contribution in [0.5, 0.6) is 0 Å². The molecule has 1 aliphatic heterocycles. The normalized spacial score (nSPS) is 15.7. The van der Waals surface area contributed by atoms with Crippen LogP contribution >= 0.6 is 0 Å². The Kier molecular flexibility index (Phi) is 5.85. The van der Waals surface area contributed by atoms with Crippen molar-refractivity contribution in [2.45, 2.75) is 19.3 Å². The second kappa shape index (κ2) is 8.69. The monoisotopic (exact) mass is 395 g/mol. The number of halogens is 1. The summed E-state index contributed by atoms with van der Waals surface area (Å²) in [6.45, 7) is 3.61. The van der Waals surface area contributed by atoms with Crippen molar-refractivity contribution in [2.24, 2.45) is 5.92 Å². The smallest absolute Gasteiger partial charge is 0.253 e. The van der Waals surface area contributed by atoms with Gasteiger partial charge in [-0.05, 0) is 68.1 Å². The number of H-pyrrole nitrogens is 1. The van der Waals surface area contributed by atoms with Crippen molar-refractivity contribution in [3.63, 3.8) is 0 Å². The van der Waals surface area contributed by atoms with E-state index >= 15 is 0 Å². The quantitative estimate of drug-likeness (QED) is 0.697. The van der Waals surface area contributed by atoms with Crippen LogP contribution in [0.15, 0.2) is 42.5 Å². The predicted octanol–water partition coefficient (Wildman–Crippen LogP) is 3.12. The van der Waals surface area contributed by atoms with E-state index in [0.29, 0.717) is 17.0 Å². The maximum Gasteiger partial charge on any atom is 0.253 e. The first kappa shape index (κ1) is 19.5. The van der Waals surface area contributed by atoms with E-state index in [-0.39, 0.29) is 11.7 Å². The van der Waals surface area contributed by atoms with Gasteiger partial charge in [-0.2, -0.15) is 15.4 Å². The van der Waals surface area contributed by atoms with Crippen LogP contribution in [0.3, 0.4) is 0 Å². The summed E-state index contributed by atoms with van der Waals surface area (Å²) in [4.78, 5) is 17.0. The molecule has 1 N–H and O–H groups in total. The van der Waals surface area contributed by atoms with Gasteiger partial charge in [-0.25, -0.2) is 4.39 Å². The second-order valence-electron chi connectivity index (χ2n) is 7.84. The average molecular weight is 395 g/mol. The largest absolute Gasteiger partial charge is 0.341 e. The molecular formula is C22H26FN5O. The van der Waals surface area contributed by atoms with Gasteiger partial charge in [-0.1, -0.05) is 18.2 Å². The molecule has 0 radical (unpaired) electrons. The van der Waals surface area contributed by atoms with Crippen molar-refractivity contribution in [1.82, 2.24) is 25.2 Å². The third-order valence-electron chi connectivity index (χ3n) is 5.80. The van der Waals surface area contributed by atoms with Gasteiger partial charge in [0.25, 0.3) is 5.91 Å².